The molecule has 3 nitrogen and oxygen atoms in total. The van der Waals surface area contributed by atoms with Gasteiger partial charge in [-0.15, -0.1) is 11.3 Å². The zero-order valence-corrected chi connectivity index (χ0v) is 15.6. The third-order valence-corrected chi connectivity index (χ3v) is 5.79. The second-order valence-corrected chi connectivity index (χ2v) is 7.52. The van der Waals surface area contributed by atoms with Gasteiger partial charge in [0, 0.05) is 17.1 Å². The lowest BCUT2D eigenvalue weighted by molar-refractivity contribution is -0.131. The summed E-state index contributed by atoms with van der Waals surface area (Å²) in [5.74, 6) is -0.00835. The molecular formula is C18H16Cl2N2OS. The van der Waals surface area contributed by atoms with E-state index in [0.717, 1.165) is 20.8 Å². The highest BCUT2D eigenvalue weighted by molar-refractivity contribution is 7.18. The van der Waals surface area contributed by atoms with E-state index in [0.29, 0.717) is 10.0 Å². The van der Waals surface area contributed by atoms with Gasteiger partial charge >= 0.3 is 0 Å². The van der Waals surface area contributed by atoms with Gasteiger partial charge in [-0.2, -0.15) is 0 Å². The third kappa shape index (κ3) is 3.56. The molecule has 24 heavy (non-hydrogen) atoms. The maximum atomic E-state index is 12.6. The van der Waals surface area contributed by atoms with E-state index in [1.54, 1.807) is 41.5 Å². The summed E-state index contributed by atoms with van der Waals surface area (Å²) in [6, 6.07) is 13.1. The fourth-order valence-corrected chi connectivity index (χ4v) is 3.94. The van der Waals surface area contributed by atoms with Crippen molar-refractivity contribution >= 4 is 50.7 Å². The lowest BCUT2D eigenvalue weighted by Crippen LogP contribution is -2.31. The molecule has 0 fully saturated rings. The number of hydrogen-bond acceptors (Lipinski definition) is 3. The minimum absolute atomic E-state index is 0.00835. The van der Waals surface area contributed by atoms with Crippen molar-refractivity contribution in [1.82, 2.24) is 9.88 Å². The van der Waals surface area contributed by atoms with Gasteiger partial charge in [0.25, 0.3) is 0 Å². The first-order chi connectivity index (χ1) is 11.5. The van der Waals surface area contributed by atoms with Crippen LogP contribution in [0, 0.1) is 0 Å². The largest absolute Gasteiger partial charge is 0.336 e. The predicted octanol–water partition coefficient (Wildman–Crippen LogP) is 5.37. The zero-order valence-electron chi connectivity index (χ0n) is 13.3. The van der Waals surface area contributed by atoms with Crippen molar-refractivity contribution in [2.45, 2.75) is 19.4 Å². The smallest absolute Gasteiger partial charge is 0.227 e. The average Bonchev–Trinajstić information content (AvgIpc) is 3.00. The molecule has 0 bridgehead atoms. The standard InChI is InChI=1S/C18H16Cl2N2OS/c1-11(18-21-15-5-3-4-6-16(15)24-18)22(2)17(23)9-12-7-8-13(19)10-14(12)20/h3-8,10-11H,9H2,1-2H3/t11-/m1/s1. The van der Waals surface area contributed by atoms with Crippen molar-refractivity contribution in [3.8, 4) is 0 Å². The molecule has 0 aliphatic rings. The molecule has 1 atom stereocenters. The Morgan fingerprint density at radius 1 is 1.25 bits per heavy atom. The highest BCUT2D eigenvalue weighted by atomic mass is 35.5. The monoisotopic (exact) mass is 378 g/mol. The zero-order chi connectivity index (χ0) is 17.3. The van der Waals surface area contributed by atoms with Crippen LogP contribution in [0.15, 0.2) is 42.5 Å². The van der Waals surface area contributed by atoms with Crippen molar-refractivity contribution < 1.29 is 4.79 Å². The number of benzene rings is 2. The van der Waals surface area contributed by atoms with E-state index in [1.165, 1.54) is 0 Å². The Balaban J connectivity index is 1.76. The van der Waals surface area contributed by atoms with Gasteiger partial charge < -0.3 is 4.90 Å². The second kappa shape index (κ2) is 7.09. The maximum absolute atomic E-state index is 12.6. The van der Waals surface area contributed by atoms with E-state index in [-0.39, 0.29) is 18.4 Å². The summed E-state index contributed by atoms with van der Waals surface area (Å²) in [4.78, 5) is 18.9. The Bertz CT molecular complexity index is 861. The molecule has 0 N–H and O–H groups in total. The minimum Gasteiger partial charge on any atom is -0.336 e. The molecule has 0 saturated carbocycles. The van der Waals surface area contributed by atoms with Crippen LogP contribution < -0.4 is 0 Å². The van der Waals surface area contributed by atoms with Gasteiger partial charge in [0.1, 0.15) is 5.01 Å². The number of aromatic nitrogens is 1. The normalized spacial score (nSPS) is 12.3. The summed E-state index contributed by atoms with van der Waals surface area (Å²) in [6.07, 6.45) is 0.238. The van der Waals surface area contributed by atoms with Gasteiger partial charge in [-0.25, -0.2) is 4.98 Å². The van der Waals surface area contributed by atoms with E-state index >= 15 is 0 Å². The Kier molecular flexibility index (Phi) is 5.09. The lowest BCUT2D eigenvalue weighted by atomic mass is 10.1. The molecule has 0 spiro atoms. The number of carbonyl (C=O) groups is 1. The molecule has 1 heterocycles. The first-order valence-corrected chi connectivity index (χ1v) is 9.08. The summed E-state index contributed by atoms with van der Waals surface area (Å²) < 4.78 is 1.13. The Labute approximate surface area is 154 Å². The number of carbonyl (C=O) groups excluding carboxylic acids is 1. The summed E-state index contributed by atoms with van der Waals surface area (Å²) >= 11 is 13.7. The van der Waals surface area contributed by atoms with Crippen molar-refractivity contribution in [2.24, 2.45) is 0 Å². The van der Waals surface area contributed by atoms with Gasteiger partial charge in [0.05, 0.1) is 22.7 Å². The van der Waals surface area contributed by atoms with Crippen molar-refractivity contribution in [1.29, 1.82) is 0 Å². The first kappa shape index (κ1) is 17.2. The van der Waals surface area contributed by atoms with E-state index < -0.39 is 0 Å². The van der Waals surface area contributed by atoms with Crippen LogP contribution in [0.4, 0.5) is 0 Å². The van der Waals surface area contributed by atoms with E-state index in [2.05, 4.69) is 4.98 Å². The molecule has 0 saturated heterocycles. The molecule has 3 rings (SSSR count). The Hall–Kier alpha value is -1.62. The number of likely N-dealkylation sites (N-methyl/N-ethyl adjacent to an activating group) is 1. The third-order valence-electron chi connectivity index (χ3n) is 4.00. The van der Waals surface area contributed by atoms with Gasteiger partial charge in [-0.05, 0) is 36.8 Å². The molecule has 6 heteroatoms. The number of para-hydroxylation sites is 1. The fourth-order valence-electron chi connectivity index (χ4n) is 2.40. The van der Waals surface area contributed by atoms with E-state index in [1.807, 2.05) is 31.2 Å². The number of thiazole rings is 1. The molecule has 1 aromatic heterocycles. The van der Waals surface area contributed by atoms with Crippen molar-refractivity contribution in [3.63, 3.8) is 0 Å². The van der Waals surface area contributed by atoms with Crippen LogP contribution in [0.5, 0.6) is 0 Å². The van der Waals surface area contributed by atoms with E-state index in [4.69, 9.17) is 23.2 Å². The minimum atomic E-state index is -0.0963. The molecule has 1 amide bonds. The SMILES string of the molecule is C[C@H](c1nc2ccccc2s1)N(C)C(=O)Cc1ccc(Cl)cc1Cl. The quantitative estimate of drug-likeness (QED) is 0.611. The van der Waals surface area contributed by atoms with Crippen LogP contribution in [0.3, 0.4) is 0 Å². The van der Waals surface area contributed by atoms with Crippen LogP contribution in [0.2, 0.25) is 10.0 Å². The van der Waals surface area contributed by atoms with Gasteiger partial charge in [-0.1, -0.05) is 41.4 Å². The van der Waals surface area contributed by atoms with Crippen LogP contribution in [0.25, 0.3) is 10.2 Å². The number of rotatable bonds is 4. The van der Waals surface area contributed by atoms with Crippen molar-refractivity contribution in [2.75, 3.05) is 7.05 Å². The van der Waals surface area contributed by atoms with Crippen LogP contribution >= 0.6 is 34.5 Å². The summed E-state index contributed by atoms with van der Waals surface area (Å²) in [5.41, 5.74) is 1.74. The fraction of sp³-hybridized carbons (Fsp3) is 0.222. The molecular weight excluding hydrogens is 363 g/mol. The number of nitrogens with zero attached hydrogens (tertiary/aromatic N) is 2. The number of hydrogen-bond donors (Lipinski definition) is 0. The molecule has 0 aliphatic heterocycles. The Morgan fingerprint density at radius 3 is 2.71 bits per heavy atom. The first-order valence-electron chi connectivity index (χ1n) is 7.51. The number of halogens is 2. The maximum Gasteiger partial charge on any atom is 0.227 e. The lowest BCUT2D eigenvalue weighted by Gasteiger charge is -2.23. The topological polar surface area (TPSA) is 33.2 Å². The average molecular weight is 379 g/mol. The highest BCUT2D eigenvalue weighted by Gasteiger charge is 2.21. The van der Waals surface area contributed by atoms with Gasteiger partial charge in [-0.3, -0.25) is 4.79 Å². The van der Waals surface area contributed by atoms with Crippen LogP contribution in [-0.4, -0.2) is 22.8 Å². The molecule has 3 aromatic rings. The van der Waals surface area contributed by atoms with Crippen LogP contribution in [0.1, 0.15) is 23.5 Å². The second-order valence-electron chi connectivity index (χ2n) is 5.61. The van der Waals surface area contributed by atoms with Crippen LogP contribution in [-0.2, 0) is 11.2 Å². The van der Waals surface area contributed by atoms with Gasteiger partial charge in [0.2, 0.25) is 5.91 Å². The summed E-state index contributed by atoms with van der Waals surface area (Å²) in [5, 5.41) is 2.00. The van der Waals surface area contributed by atoms with Gasteiger partial charge in [0.15, 0.2) is 0 Å². The summed E-state index contributed by atoms with van der Waals surface area (Å²) in [6.45, 7) is 1.99. The van der Waals surface area contributed by atoms with E-state index in [9.17, 15) is 4.79 Å². The molecule has 0 radical (unpaired) electrons. The number of fused-ring (bicyclic) bond motifs is 1. The molecule has 124 valence electrons. The Morgan fingerprint density at radius 2 is 2.00 bits per heavy atom. The molecule has 0 unspecified atom stereocenters. The number of amides is 1. The summed E-state index contributed by atoms with van der Waals surface area (Å²) in [7, 11) is 1.79. The highest BCUT2D eigenvalue weighted by Crippen LogP contribution is 2.29. The molecule has 2 aromatic carbocycles. The predicted molar refractivity (Wildman–Crippen MR) is 101 cm³/mol. The van der Waals surface area contributed by atoms with Crippen molar-refractivity contribution in [3.05, 3.63) is 63.1 Å². The molecule has 0 aliphatic carbocycles.